The number of benzene rings is 1. The van der Waals surface area contributed by atoms with Gasteiger partial charge in [-0.25, -0.2) is 4.39 Å². The van der Waals surface area contributed by atoms with Crippen molar-refractivity contribution in [3.8, 4) is 0 Å². The van der Waals surface area contributed by atoms with Crippen LogP contribution in [0, 0.1) is 5.82 Å². The normalized spacial score (nSPS) is 18.2. The smallest absolute Gasteiger partial charge is 0.256 e. The molecular formula is C16H19FN4O2. The number of nitrogens with one attached hydrogen (secondary N) is 1. The largest absolute Gasteiger partial charge is 0.356 e. The lowest BCUT2D eigenvalue weighted by Crippen LogP contribution is -2.54. The second-order valence-corrected chi connectivity index (χ2v) is 5.62. The number of guanidine groups is 1. The number of hydrogen-bond acceptors (Lipinski definition) is 5. The van der Waals surface area contributed by atoms with Crippen LogP contribution in [-0.2, 0) is 0 Å². The van der Waals surface area contributed by atoms with Crippen LogP contribution in [0.15, 0.2) is 23.2 Å². The van der Waals surface area contributed by atoms with Crippen LogP contribution in [0.5, 0.6) is 0 Å². The van der Waals surface area contributed by atoms with E-state index in [1.165, 1.54) is 12.1 Å². The summed E-state index contributed by atoms with van der Waals surface area (Å²) in [5.41, 5.74) is 0.255. The average molecular weight is 318 g/mol. The van der Waals surface area contributed by atoms with Gasteiger partial charge in [0, 0.05) is 44.8 Å². The summed E-state index contributed by atoms with van der Waals surface area (Å²) in [5, 5.41) is 3.26. The summed E-state index contributed by atoms with van der Waals surface area (Å²) in [5.74, 6) is -0.0803. The molecule has 1 aromatic carbocycles. The fraction of sp³-hybridized carbons (Fsp3) is 0.438. The molecule has 2 aliphatic rings. The highest BCUT2D eigenvalue weighted by Gasteiger charge is 2.26. The quantitative estimate of drug-likeness (QED) is 0.817. The summed E-state index contributed by atoms with van der Waals surface area (Å²) in [6, 6.07) is 3.83. The van der Waals surface area contributed by atoms with Crippen molar-refractivity contribution in [1.82, 2.24) is 15.1 Å². The van der Waals surface area contributed by atoms with E-state index >= 15 is 0 Å². The molecule has 23 heavy (non-hydrogen) atoms. The van der Waals surface area contributed by atoms with Gasteiger partial charge >= 0.3 is 0 Å². The number of halogens is 1. The molecule has 1 aromatic rings. The van der Waals surface area contributed by atoms with Crippen LogP contribution in [0.25, 0.3) is 0 Å². The molecule has 7 heteroatoms. The van der Waals surface area contributed by atoms with Crippen molar-refractivity contribution >= 4 is 18.2 Å². The molecule has 122 valence electrons. The van der Waals surface area contributed by atoms with E-state index in [0.29, 0.717) is 38.0 Å². The highest BCUT2D eigenvalue weighted by molar-refractivity contribution is 5.96. The maximum absolute atomic E-state index is 13.9. The maximum Gasteiger partial charge on any atom is 0.256 e. The molecule has 0 aromatic heterocycles. The van der Waals surface area contributed by atoms with Gasteiger partial charge in [0.2, 0.25) is 0 Å². The first-order valence-electron chi connectivity index (χ1n) is 7.76. The Hall–Kier alpha value is -2.44. The maximum atomic E-state index is 13.9. The highest BCUT2D eigenvalue weighted by Crippen LogP contribution is 2.14. The lowest BCUT2D eigenvalue weighted by molar-refractivity contribution is 0.0684. The zero-order valence-corrected chi connectivity index (χ0v) is 12.8. The van der Waals surface area contributed by atoms with Crippen LogP contribution < -0.4 is 5.32 Å². The van der Waals surface area contributed by atoms with Crippen LogP contribution in [0.2, 0.25) is 0 Å². The van der Waals surface area contributed by atoms with E-state index in [4.69, 9.17) is 0 Å². The van der Waals surface area contributed by atoms with Crippen molar-refractivity contribution in [3.05, 3.63) is 35.1 Å². The number of carbonyl (C=O) groups excluding carboxylic acids is 2. The van der Waals surface area contributed by atoms with Crippen LogP contribution in [-0.4, -0.2) is 67.2 Å². The summed E-state index contributed by atoms with van der Waals surface area (Å²) in [6.07, 6.45) is 1.65. The van der Waals surface area contributed by atoms with Crippen LogP contribution >= 0.6 is 0 Å². The van der Waals surface area contributed by atoms with Gasteiger partial charge in [-0.15, -0.1) is 0 Å². The molecule has 0 saturated carbocycles. The van der Waals surface area contributed by atoms with Crippen molar-refractivity contribution in [1.29, 1.82) is 0 Å². The molecule has 1 amide bonds. The second-order valence-electron chi connectivity index (χ2n) is 5.62. The Kier molecular flexibility index (Phi) is 4.55. The standard InChI is InChI=1S/C16H19FN4O2/c17-14-3-2-12(11-22)10-13(14)15(23)20-6-8-21(9-7-20)16-18-4-1-5-19-16/h2-3,10-11H,1,4-9H2,(H,18,19). The van der Waals surface area contributed by atoms with Crippen LogP contribution in [0.1, 0.15) is 27.1 Å². The molecular weight excluding hydrogens is 299 g/mol. The molecule has 1 saturated heterocycles. The van der Waals surface area contributed by atoms with Gasteiger partial charge in [-0.3, -0.25) is 14.6 Å². The summed E-state index contributed by atoms with van der Waals surface area (Å²) in [6.45, 7) is 4.07. The Morgan fingerprint density at radius 3 is 2.70 bits per heavy atom. The fourth-order valence-electron chi connectivity index (χ4n) is 2.80. The van der Waals surface area contributed by atoms with E-state index in [1.54, 1.807) is 4.90 Å². The van der Waals surface area contributed by atoms with E-state index in [-0.39, 0.29) is 11.5 Å². The molecule has 0 aliphatic carbocycles. The minimum atomic E-state index is -0.596. The van der Waals surface area contributed by atoms with E-state index in [2.05, 4.69) is 15.2 Å². The number of nitrogens with zero attached hydrogens (tertiary/aromatic N) is 3. The van der Waals surface area contributed by atoms with Crippen LogP contribution in [0.4, 0.5) is 4.39 Å². The summed E-state index contributed by atoms with van der Waals surface area (Å²) in [4.78, 5) is 31.5. The average Bonchev–Trinajstić information content (AvgIpc) is 2.62. The van der Waals surface area contributed by atoms with Crippen molar-refractivity contribution < 1.29 is 14.0 Å². The SMILES string of the molecule is O=Cc1ccc(F)c(C(=O)N2CCN(C3=NCCCN3)CC2)c1. The first-order valence-corrected chi connectivity index (χ1v) is 7.76. The molecule has 3 rings (SSSR count). The summed E-state index contributed by atoms with van der Waals surface area (Å²) < 4.78 is 13.9. The Balaban J connectivity index is 1.66. The molecule has 2 aliphatic heterocycles. The third kappa shape index (κ3) is 3.33. The van der Waals surface area contributed by atoms with Gasteiger partial charge in [0.25, 0.3) is 5.91 Å². The van der Waals surface area contributed by atoms with E-state index in [9.17, 15) is 14.0 Å². The number of amides is 1. The Morgan fingerprint density at radius 2 is 2.04 bits per heavy atom. The fourth-order valence-corrected chi connectivity index (χ4v) is 2.80. The number of aldehydes is 1. The number of aliphatic imine (C=N–C) groups is 1. The van der Waals surface area contributed by atoms with Crippen molar-refractivity contribution in [2.75, 3.05) is 39.3 Å². The predicted octanol–water partition coefficient (Wildman–Crippen LogP) is 0.745. The Morgan fingerprint density at radius 1 is 1.26 bits per heavy atom. The molecule has 6 nitrogen and oxygen atoms in total. The lowest BCUT2D eigenvalue weighted by atomic mass is 10.1. The van der Waals surface area contributed by atoms with E-state index in [1.807, 2.05) is 0 Å². The zero-order chi connectivity index (χ0) is 16.2. The monoisotopic (exact) mass is 318 g/mol. The van der Waals surface area contributed by atoms with Gasteiger partial charge in [0.15, 0.2) is 5.96 Å². The van der Waals surface area contributed by atoms with Crippen molar-refractivity contribution in [3.63, 3.8) is 0 Å². The Labute approximate surface area is 134 Å². The molecule has 1 fully saturated rings. The molecule has 0 bridgehead atoms. The highest BCUT2D eigenvalue weighted by atomic mass is 19.1. The van der Waals surface area contributed by atoms with Gasteiger partial charge in [0.05, 0.1) is 5.56 Å². The van der Waals surface area contributed by atoms with Crippen molar-refractivity contribution in [2.45, 2.75) is 6.42 Å². The first kappa shape index (κ1) is 15.5. The summed E-state index contributed by atoms with van der Waals surface area (Å²) >= 11 is 0. The number of carbonyl (C=O) groups is 2. The number of piperazine rings is 1. The summed E-state index contributed by atoms with van der Waals surface area (Å²) in [7, 11) is 0. The number of hydrogen-bond donors (Lipinski definition) is 1. The van der Waals surface area contributed by atoms with E-state index < -0.39 is 5.82 Å². The topological polar surface area (TPSA) is 65.0 Å². The molecule has 0 spiro atoms. The van der Waals surface area contributed by atoms with Gasteiger partial charge in [-0.1, -0.05) is 0 Å². The third-order valence-corrected chi connectivity index (χ3v) is 4.10. The van der Waals surface area contributed by atoms with Crippen molar-refractivity contribution in [2.24, 2.45) is 4.99 Å². The van der Waals surface area contributed by atoms with Gasteiger partial charge < -0.3 is 15.1 Å². The minimum absolute atomic E-state index is 0.0452. The second kappa shape index (κ2) is 6.76. The van der Waals surface area contributed by atoms with Gasteiger partial charge in [0.1, 0.15) is 12.1 Å². The molecule has 1 N–H and O–H groups in total. The van der Waals surface area contributed by atoms with Gasteiger partial charge in [-0.05, 0) is 24.6 Å². The predicted molar refractivity (Wildman–Crippen MR) is 84.2 cm³/mol. The molecule has 0 unspecified atom stereocenters. The third-order valence-electron chi connectivity index (χ3n) is 4.10. The Bertz CT molecular complexity index is 639. The molecule has 2 heterocycles. The number of rotatable bonds is 2. The van der Waals surface area contributed by atoms with Crippen LogP contribution in [0.3, 0.4) is 0 Å². The van der Waals surface area contributed by atoms with E-state index in [0.717, 1.165) is 31.5 Å². The minimum Gasteiger partial charge on any atom is -0.356 e. The lowest BCUT2D eigenvalue weighted by Gasteiger charge is -2.37. The molecule has 0 radical (unpaired) electrons. The van der Waals surface area contributed by atoms with Gasteiger partial charge in [-0.2, -0.15) is 0 Å². The molecule has 0 atom stereocenters. The first-order chi connectivity index (χ1) is 11.2. The zero-order valence-electron chi connectivity index (χ0n) is 12.8.